The van der Waals surface area contributed by atoms with E-state index in [9.17, 15) is 4.79 Å². The molecule has 1 heterocycles. The van der Waals surface area contributed by atoms with Crippen LogP contribution >= 0.6 is 12.1 Å². The van der Waals surface area contributed by atoms with Gasteiger partial charge >= 0.3 is 0 Å². The normalized spacial score (nSPS) is 12.6. The summed E-state index contributed by atoms with van der Waals surface area (Å²) < 4.78 is 14.5. The Morgan fingerprint density at radius 1 is 1.14 bits per heavy atom. The number of aryl methyl sites for hydroxylation is 1. The van der Waals surface area contributed by atoms with Crippen molar-refractivity contribution in [3.8, 4) is 5.75 Å². The van der Waals surface area contributed by atoms with E-state index in [1.807, 2.05) is 94.5 Å². The van der Waals surface area contributed by atoms with Gasteiger partial charge < -0.3 is 19.7 Å². The zero-order chi connectivity index (χ0) is 30.7. The zero-order valence-electron chi connectivity index (χ0n) is 25.3. The van der Waals surface area contributed by atoms with E-state index in [0.29, 0.717) is 31.1 Å². The molecule has 0 radical (unpaired) electrons. The van der Waals surface area contributed by atoms with Crippen LogP contribution in [0.1, 0.15) is 70.4 Å². The number of rotatable bonds is 16. The molecule has 0 aliphatic heterocycles. The van der Waals surface area contributed by atoms with Gasteiger partial charge in [0.15, 0.2) is 17.2 Å². The number of fused-ring (bicyclic) bond motifs is 1. The number of amidine groups is 1. The van der Waals surface area contributed by atoms with Crippen molar-refractivity contribution in [2.45, 2.75) is 66.5 Å². The topological polar surface area (TPSA) is 137 Å². The SMILES string of the molecule is CC.CC/C=C(\C=C/CNC(C(=O)NSN)c1cc(OCC)c2oc(CCC)cc2c1)C(/N)=N/OCc1ccccc1. The first-order valence-electron chi connectivity index (χ1n) is 14.4. The molecule has 1 atom stereocenters. The number of amides is 1. The minimum absolute atomic E-state index is 0.275. The number of allylic oxidation sites excluding steroid dienone is 1. The summed E-state index contributed by atoms with van der Waals surface area (Å²) in [5.41, 5.74) is 9.34. The predicted molar refractivity (Wildman–Crippen MR) is 174 cm³/mol. The Morgan fingerprint density at radius 2 is 1.90 bits per heavy atom. The van der Waals surface area contributed by atoms with Crippen molar-refractivity contribution in [1.82, 2.24) is 10.0 Å². The zero-order valence-corrected chi connectivity index (χ0v) is 26.1. The number of nitrogens with two attached hydrogens (primary N) is 2. The van der Waals surface area contributed by atoms with Crippen LogP contribution < -0.4 is 25.6 Å². The number of nitrogens with one attached hydrogen (secondary N) is 2. The quantitative estimate of drug-likeness (QED) is 0.0487. The highest BCUT2D eigenvalue weighted by Crippen LogP contribution is 2.33. The summed E-state index contributed by atoms with van der Waals surface area (Å²) in [6, 6.07) is 14.8. The molecule has 9 nitrogen and oxygen atoms in total. The Morgan fingerprint density at radius 3 is 2.57 bits per heavy atom. The van der Waals surface area contributed by atoms with Gasteiger partial charge in [0.2, 0.25) is 0 Å². The van der Waals surface area contributed by atoms with Crippen LogP contribution in [0.3, 0.4) is 0 Å². The van der Waals surface area contributed by atoms with Crippen LogP contribution in [0.15, 0.2) is 81.9 Å². The Kier molecular flexibility index (Phi) is 15.9. The number of hydrogen-bond acceptors (Lipinski definition) is 8. The molecule has 42 heavy (non-hydrogen) atoms. The van der Waals surface area contributed by atoms with Gasteiger partial charge in [0, 0.05) is 36.1 Å². The molecule has 0 spiro atoms. The number of hydrogen-bond donors (Lipinski definition) is 4. The molecule has 0 bridgehead atoms. The van der Waals surface area contributed by atoms with Crippen LogP contribution in [-0.4, -0.2) is 24.9 Å². The maximum absolute atomic E-state index is 13.0. The second kappa shape index (κ2) is 19.4. The van der Waals surface area contributed by atoms with E-state index in [2.05, 4.69) is 22.1 Å². The molecular formula is C32H45N5O4S. The third-order valence-electron chi connectivity index (χ3n) is 5.90. The standard InChI is InChI=1S/C30H39N5O4S.C2H6/c1-4-11-22(29(31)34-38-20-21-13-8-7-9-14-21)15-10-16-33-27(30(36)35-40-32)23-17-24-18-25(12-5-2)39-28(24)26(19-23)37-6-3;1-2/h7-11,13-15,17-19,27,33H,4-6,12,16,20,32H2,1-3H3,(H2,31,34)(H,35,36);1-2H3/b15-10-,22-11+;. The van der Waals surface area contributed by atoms with Gasteiger partial charge in [-0.3, -0.25) is 20.0 Å². The number of carbonyl (C=O) groups excluding carboxylic acids is 1. The highest BCUT2D eigenvalue weighted by molar-refractivity contribution is 7.95. The second-order valence-corrected chi connectivity index (χ2v) is 9.40. The van der Waals surface area contributed by atoms with E-state index >= 15 is 0 Å². The predicted octanol–water partition coefficient (Wildman–Crippen LogP) is 6.46. The first kappa shape index (κ1) is 34.5. The Labute approximate surface area is 254 Å². The number of furan rings is 1. The lowest BCUT2D eigenvalue weighted by molar-refractivity contribution is -0.121. The number of carbonyl (C=O) groups is 1. The summed E-state index contributed by atoms with van der Waals surface area (Å²) in [6.45, 7) is 11.2. The molecule has 228 valence electrons. The average Bonchev–Trinajstić information content (AvgIpc) is 3.41. The van der Waals surface area contributed by atoms with Crippen molar-refractivity contribution >= 4 is 34.8 Å². The van der Waals surface area contributed by atoms with E-state index in [1.54, 1.807) is 0 Å². The van der Waals surface area contributed by atoms with Gasteiger partial charge in [-0.15, -0.1) is 0 Å². The minimum atomic E-state index is -0.687. The summed E-state index contributed by atoms with van der Waals surface area (Å²) >= 11 is 0.759. The molecule has 1 amide bonds. The van der Waals surface area contributed by atoms with Gasteiger partial charge in [-0.25, -0.2) is 0 Å². The van der Waals surface area contributed by atoms with E-state index in [0.717, 1.165) is 59.2 Å². The van der Waals surface area contributed by atoms with Crippen molar-refractivity contribution in [2.75, 3.05) is 13.2 Å². The molecule has 10 heteroatoms. The van der Waals surface area contributed by atoms with E-state index < -0.39 is 6.04 Å². The summed E-state index contributed by atoms with van der Waals surface area (Å²) in [7, 11) is 0. The van der Waals surface area contributed by atoms with Crippen molar-refractivity contribution in [2.24, 2.45) is 16.0 Å². The molecule has 1 aromatic heterocycles. The molecule has 3 aromatic rings. The summed E-state index contributed by atoms with van der Waals surface area (Å²) in [6.07, 6.45) is 8.26. The number of ether oxygens (including phenoxy) is 1. The molecule has 0 saturated carbocycles. The third-order valence-corrected chi connectivity index (χ3v) is 6.22. The molecule has 6 N–H and O–H groups in total. The number of oxime groups is 1. The van der Waals surface area contributed by atoms with Gasteiger partial charge in [-0.05, 0) is 49.1 Å². The fraction of sp³-hybridized carbons (Fsp3) is 0.375. The van der Waals surface area contributed by atoms with Crippen LogP contribution in [-0.2, 0) is 22.7 Å². The Bertz CT molecular complexity index is 1320. The highest BCUT2D eigenvalue weighted by Gasteiger charge is 2.23. The fourth-order valence-electron chi connectivity index (χ4n) is 4.13. The number of benzene rings is 2. The largest absolute Gasteiger partial charge is 0.490 e. The molecule has 0 aliphatic carbocycles. The molecule has 2 aromatic carbocycles. The van der Waals surface area contributed by atoms with Crippen LogP contribution in [0.2, 0.25) is 0 Å². The van der Waals surface area contributed by atoms with Crippen LogP contribution in [0.5, 0.6) is 5.75 Å². The smallest absolute Gasteiger partial charge is 0.252 e. The van der Waals surface area contributed by atoms with Gasteiger partial charge in [0.1, 0.15) is 18.4 Å². The average molecular weight is 596 g/mol. The highest BCUT2D eigenvalue weighted by atomic mass is 32.2. The molecule has 0 aliphatic rings. The minimum Gasteiger partial charge on any atom is -0.490 e. The van der Waals surface area contributed by atoms with Crippen LogP contribution in [0.25, 0.3) is 11.0 Å². The monoisotopic (exact) mass is 595 g/mol. The molecule has 0 saturated heterocycles. The molecule has 3 rings (SSSR count). The molecular weight excluding hydrogens is 550 g/mol. The molecule has 1 unspecified atom stereocenters. The molecule has 0 fully saturated rings. The summed E-state index contributed by atoms with van der Waals surface area (Å²) in [5, 5.41) is 13.8. The number of nitrogens with zero attached hydrogens (tertiary/aromatic N) is 1. The Hall–Kier alpha value is -3.73. The van der Waals surface area contributed by atoms with E-state index in [-0.39, 0.29) is 11.7 Å². The summed E-state index contributed by atoms with van der Waals surface area (Å²) in [4.78, 5) is 18.4. The van der Waals surface area contributed by atoms with Gasteiger partial charge in [-0.2, -0.15) is 0 Å². The summed E-state index contributed by atoms with van der Waals surface area (Å²) in [5.74, 6) is 1.48. The van der Waals surface area contributed by atoms with Crippen molar-refractivity contribution in [1.29, 1.82) is 0 Å². The first-order chi connectivity index (χ1) is 20.5. The van der Waals surface area contributed by atoms with Crippen LogP contribution in [0, 0.1) is 0 Å². The Balaban J connectivity index is 0.00000301. The van der Waals surface area contributed by atoms with Gasteiger partial charge in [-0.1, -0.05) is 81.4 Å². The lowest BCUT2D eigenvalue weighted by Crippen LogP contribution is -2.35. The van der Waals surface area contributed by atoms with Crippen LogP contribution in [0.4, 0.5) is 0 Å². The van der Waals surface area contributed by atoms with Crippen molar-refractivity contribution in [3.63, 3.8) is 0 Å². The van der Waals surface area contributed by atoms with E-state index in [4.69, 9.17) is 24.9 Å². The second-order valence-electron chi connectivity index (χ2n) is 8.96. The maximum atomic E-state index is 13.0. The third kappa shape index (κ3) is 10.6. The lowest BCUT2D eigenvalue weighted by atomic mass is 10.0. The lowest BCUT2D eigenvalue weighted by Gasteiger charge is -2.18. The fourth-order valence-corrected chi connectivity index (χ4v) is 4.36. The van der Waals surface area contributed by atoms with Gasteiger partial charge in [0.25, 0.3) is 5.91 Å². The van der Waals surface area contributed by atoms with Crippen molar-refractivity contribution in [3.05, 3.63) is 89.2 Å². The van der Waals surface area contributed by atoms with E-state index in [1.165, 1.54) is 0 Å². The first-order valence-corrected chi connectivity index (χ1v) is 15.3. The van der Waals surface area contributed by atoms with Crippen molar-refractivity contribution < 1.29 is 18.8 Å². The maximum Gasteiger partial charge on any atom is 0.252 e. The van der Waals surface area contributed by atoms with Gasteiger partial charge in [0.05, 0.1) is 6.61 Å².